The molecule has 0 radical (unpaired) electrons. The van der Waals surface area contributed by atoms with Crippen LogP contribution >= 0.6 is 0 Å². The summed E-state index contributed by atoms with van der Waals surface area (Å²) in [6.45, 7) is 0. The fourth-order valence-corrected chi connectivity index (χ4v) is 2.07. The molecule has 2 N–H and O–H groups in total. The summed E-state index contributed by atoms with van der Waals surface area (Å²) in [7, 11) is 0. The summed E-state index contributed by atoms with van der Waals surface area (Å²) in [6, 6.07) is 14.7. The van der Waals surface area contributed by atoms with Crippen molar-refractivity contribution in [3.63, 3.8) is 0 Å². The van der Waals surface area contributed by atoms with Crippen molar-refractivity contribution in [3.05, 3.63) is 64.7 Å². The third kappa shape index (κ3) is 2.16. The third-order valence-electron chi connectivity index (χ3n) is 3.02. The number of nitrogens with zero attached hydrogens (tertiary/aromatic N) is 1. The Morgan fingerprint density at radius 3 is 2.55 bits per heavy atom. The van der Waals surface area contributed by atoms with E-state index in [9.17, 15) is 9.59 Å². The molecular formula is C15H10N2O3. The Labute approximate surface area is 113 Å². The van der Waals surface area contributed by atoms with Crippen molar-refractivity contribution in [3.8, 4) is 11.3 Å². The molecule has 98 valence electrons. The zero-order chi connectivity index (χ0) is 14.1. The number of benzene rings is 2. The molecule has 5 heteroatoms. The van der Waals surface area contributed by atoms with Gasteiger partial charge in [-0.15, -0.1) is 0 Å². The summed E-state index contributed by atoms with van der Waals surface area (Å²) in [6.07, 6.45) is 0. The lowest BCUT2D eigenvalue weighted by Gasteiger charge is -2.04. The smallest absolute Gasteiger partial charge is 0.352 e. The Morgan fingerprint density at radius 1 is 1.05 bits per heavy atom. The van der Waals surface area contributed by atoms with Gasteiger partial charge in [0, 0.05) is 5.56 Å². The van der Waals surface area contributed by atoms with Crippen LogP contribution in [0.25, 0.3) is 22.0 Å². The summed E-state index contributed by atoms with van der Waals surface area (Å²) in [5, 5.41) is 11.0. The van der Waals surface area contributed by atoms with E-state index in [-0.39, 0.29) is 5.69 Å². The molecular weight excluding hydrogens is 256 g/mol. The number of carboxylic acid groups (broad SMARTS) is 1. The van der Waals surface area contributed by atoms with E-state index in [0.717, 1.165) is 10.8 Å². The molecule has 0 aliphatic heterocycles. The number of hydrogen-bond donors (Lipinski definition) is 2. The van der Waals surface area contributed by atoms with Crippen LogP contribution in [0.4, 0.5) is 0 Å². The number of rotatable bonds is 2. The quantitative estimate of drug-likeness (QED) is 0.745. The van der Waals surface area contributed by atoms with E-state index in [0.29, 0.717) is 11.3 Å². The number of aromatic amines is 1. The molecule has 0 aliphatic carbocycles. The van der Waals surface area contributed by atoms with E-state index in [1.54, 1.807) is 0 Å². The van der Waals surface area contributed by atoms with Crippen molar-refractivity contribution >= 4 is 16.7 Å². The summed E-state index contributed by atoms with van der Waals surface area (Å²) < 4.78 is 0. The highest BCUT2D eigenvalue weighted by atomic mass is 16.4. The minimum atomic E-state index is -1.19. The molecule has 0 saturated carbocycles. The first-order chi connectivity index (χ1) is 9.63. The van der Waals surface area contributed by atoms with Crippen molar-refractivity contribution < 1.29 is 9.90 Å². The van der Waals surface area contributed by atoms with Gasteiger partial charge in [-0.3, -0.25) is 4.98 Å². The molecule has 0 spiro atoms. The maximum atomic E-state index is 11.4. The molecule has 3 rings (SSSR count). The van der Waals surface area contributed by atoms with Crippen molar-refractivity contribution in [1.82, 2.24) is 9.97 Å². The molecule has 0 fully saturated rings. The van der Waals surface area contributed by atoms with Crippen LogP contribution < -0.4 is 5.69 Å². The summed E-state index contributed by atoms with van der Waals surface area (Å²) >= 11 is 0. The minimum absolute atomic E-state index is 0.173. The number of hydrogen-bond acceptors (Lipinski definition) is 3. The number of aromatic carboxylic acids is 1. The average molecular weight is 266 g/mol. The van der Waals surface area contributed by atoms with Crippen LogP contribution in [0.15, 0.2) is 53.3 Å². The SMILES string of the molecule is O=C(O)c1cc(-c2ccc3ccccc3c2)nc(=O)[nH]1. The number of carboxylic acids is 1. The van der Waals surface area contributed by atoms with E-state index in [1.807, 2.05) is 42.5 Å². The van der Waals surface area contributed by atoms with Crippen LogP contribution in [0.3, 0.4) is 0 Å². The van der Waals surface area contributed by atoms with Gasteiger partial charge < -0.3 is 5.11 Å². The normalized spacial score (nSPS) is 10.6. The van der Waals surface area contributed by atoms with Gasteiger partial charge in [0.1, 0.15) is 5.69 Å². The van der Waals surface area contributed by atoms with E-state index in [2.05, 4.69) is 9.97 Å². The van der Waals surface area contributed by atoms with Crippen LogP contribution in [0, 0.1) is 0 Å². The predicted molar refractivity (Wildman–Crippen MR) is 74.8 cm³/mol. The molecule has 3 aromatic rings. The van der Waals surface area contributed by atoms with Gasteiger partial charge in [0.2, 0.25) is 0 Å². The molecule has 5 nitrogen and oxygen atoms in total. The van der Waals surface area contributed by atoms with Crippen LogP contribution in [-0.2, 0) is 0 Å². The lowest BCUT2D eigenvalue weighted by atomic mass is 10.0. The lowest BCUT2D eigenvalue weighted by molar-refractivity contribution is 0.0690. The predicted octanol–water partition coefficient (Wildman–Crippen LogP) is 2.29. The van der Waals surface area contributed by atoms with Gasteiger partial charge in [0.25, 0.3) is 0 Å². The Balaban J connectivity index is 2.20. The average Bonchev–Trinajstić information content (AvgIpc) is 2.46. The Bertz CT molecular complexity index is 868. The van der Waals surface area contributed by atoms with E-state index < -0.39 is 11.7 Å². The second kappa shape index (κ2) is 4.62. The number of aromatic nitrogens is 2. The monoisotopic (exact) mass is 266 g/mol. The van der Waals surface area contributed by atoms with E-state index >= 15 is 0 Å². The first-order valence-corrected chi connectivity index (χ1v) is 5.97. The highest BCUT2D eigenvalue weighted by Gasteiger charge is 2.09. The molecule has 1 heterocycles. The van der Waals surface area contributed by atoms with E-state index in [4.69, 9.17) is 5.11 Å². The number of fused-ring (bicyclic) bond motifs is 1. The summed E-state index contributed by atoms with van der Waals surface area (Å²) in [5.41, 5.74) is 0.204. The standard InChI is InChI=1S/C15H10N2O3/c18-14(19)13-8-12(16-15(20)17-13)11-6-5-9-3-1-2-4-10(9)7-11/h1-8H,(H,18,19)(H,16,17,20). The molecule has 20 heavy (non-hydrogen) atoms. The van der Waals surface area contributed by atoms with E-state index in [1.165, 1.54) is 6.07 Å². The van der Waals surface area contributed by atoms with Crippen molar-refractivity contribution in [2.45, 2.75) is 0 Å². The number of nitrogens with one attached hydrogen (secondary N) is 1. The topological polar surface area (TPSA) is 83.0 Å². The molecule has 0 unspecified atom stereocenters. The van der Waals surface area contributed by atoms with Gasteiger partial charge in [-0.2, -0.15) is 4.98 Å². The van der Waals surface area contributed by atoms with Crippen molar-refractivity contribution in [1.29, 1.82) is 0 Å². The maximum Gasteiger partial charge on any atom is 0.352 e. The van der Waals surface area contributed by atoms with Crippen molar-refractivity contribution in [2.24, 2.45) is 0 Å². The van der Waals surface area contributed by atoms with Gasteiger partial charge >= 0.3 is 11.7 Å². The molecule has 1 aromatic heterocycles. The fraction of sp³-hybridized carbons (Fsp3) is 0. The summed E-state index contributed by atoms with van der Waals surface area (Å²) in [4.78, 5) is 28.4. The number of carbonyl (C=O) groups is 1. The van der Waals surface area contributed by atoms with Gasteiger partial charge in [0.15, 0.2) is 0 Å². The molecule has 2 aromatic carbocycles. The Kier molecular flexibility index (Phi) is 2.80. The highest BCUT2D eigenvalue weighted by Crippen LogP contribution is 2.22. The second-order valence-corrected chi connectivity index (χ2v) is 4.35. The molecule has 0 saturated heterocycles. The first kappa shape index (κ1) is 12.1. The second-order valence-electron chi connectivity index (χ2n) is 4.35. The largest absolute Gasteiger partial charge is 0.477 e. The van der Waals surface area contributed by atoms with Crippen LogP contribution in [0.2, 0.25) is 0 Å². The lowest BCUT2D eigenvalue weighted by Crippen LogP contribution is -2.16. The zero-order valence-electron chi connectivity index (χ0n) is 10.3. The molecule has 0 atom stereocenters. The molecule has 0 aliphatic rings. The third-order valence-corrected chi connectivity index (χ3v) is 3.02. The van der Waals surface area contributed by atoms with Crippen LogP contribution in [0.1, 0.15) is 10.5 Å². The van der Waals surface area contributed by atoms with Gasteiger partial charge in [-0.1, -0.05) is 36.4 Å². The molecule has 0 amide bonds. The van der Waals surface area contributed by atoms with Crippen molar-refractivity contribution in [2.75, 3.05) is 0 Å². The fourth-order valence-electron chi connectivity index (χ4n) is 2.07. The number of H-pyrrole nitrogens is 1. The maximum absolute atomic E-state index is 11.4. The first-order valence-electron chi connectivity index (χ1n) is 5.97. The van der Waals surface area contributed by atoms with Gasteiger partial charge in [-0.25, -0.2) is 9.59 Å². The van der Waals surface area contributed by atoms with Crippen LogP contribution in [-0.4, -0.2) is 21.0 Å². The Morgan fingerprint density at radius 2 is 1.80 bits per heavy atom. The van der Waals surface area contributed by atoms with Gasteiger partial charge in [0.05, 0.1) is 5.69 Å². The summed E-state index contributed by atoms with van der Waals surface area (Å²) in [5.74, 6) is -1.19. The highest BCUT2D eigenvalue weighted by molar-refractivity contribution is 5.89. The minimum Gasteiger partial charge on any atom is -0.477 e. The Hall–Kier alpha value is -2.95. The van der Waals surface area contributed by atoms with Crippen LogP contribution in [0.5, 0.6) is 0 Å². The zero-order valence-corrected chi connectivity index (χ0v) is 10.3. The molecule has 0 bridgehead atoms. The van der Waals surface area contributed by atoms with Gasteiger partial charge in [-0.05, 0) is 22.9 Å².